The molecule has 1 aliphatic carbocycles. The maximum absolute atomic E-state index is 12.7. The van der Waals surface area contributed by atoms with E-state index in [1.807, 2.05) is 11.0 Å². The van der Waals surface area contributed by atoms with Crippen LogP contribution in [0.15, 0.2) is 24.5 Å². The van der Waals surface area contributed by atoms with E-state index in [1.54, 1.807) is 39.4 Å². The number of hydrogen-bond acceptors (Lipinski definition) is 7. The lowest BCUT2D eigenvalue weighted by atomic mass is 9.92. The molecule has 0 atom stereocenters. The molecule has 4 rings (SSSR count). The van der Waals surface area contributed by atoms with E-state index in [2.05, 4.69) is 15.3 Å². The molecule has 2 aromatic heterocycles. The van der Waals surface area contributed by atoms with Crippen molar-refractivity contribution >= 4 is 17.5 Å². The average Bonchev–Trinajstić information content (AvgIpc) is 2.73. The van der Waals surface area contributed by atoms with Gasteiger partial charge in [-0.2, -0.15) is 0 Å². The van der Waals surface area contributed by atoms with Gasteiger partial charge in [-0.3, -0.25) is 14.7 Å². The number of aliphatic hydroxyl groups is 1. The lowest BCUT2D eigenvalue weighted by molar-refractivity contribution is -0.118. The molecule has 1 amide bonds. The molecule has 2 N–H and O–H groups in total. The molecule has 0 radical (unpaired) electrons. The minimum atomic E-state index is -1.01. The van der Waals surface area contributed by atoms with Crippen LogP contribution < -0.4 is 10.2 Å². The first-order chi connectivity index (χ1) is 13.9. The van der Waals surface area contributed by atoms with Gasteiger partial charge in [0.2, 0.25) is 5.91 Å². The van der Waals surface area contributed by atoms with Gasteiger partial charge >= 0.3 is 0 Å². The molecule has 8 nitrogen and oxygen atoms in total. The third-order valence-corrected chi connectivity index (χ3v) is 5.69. The number of nitrogens with zero attached hydrogens (tertiary/aromatic N) is 4. The third-order valence-electron chi connectivity index (χ3n) is 5.69. The molecule has 0 unspecified atom stereocenters. The van der Waals surface area contributed by atoms with E-state index < -0.39 is 5.60 Å². The fourth-order valence-corrected chi connectivity index (χ4v) is 4.00. The second-order valence-electron chi connectivity index (χ2n) is 8.20. The quantitative estimate of drug-likeness (QED) is 0.758. The molecule has 1 saturated carbocycles. The van der Waals surface area contributed by atoms with Gasteiger partial charge in [0.1, 0.15) is 5.60 Å². The summed E-state index contributed by atoms with van der Waals surface area (Å²) in [5, 5.41) is 13.2. The van der Waals surface area contributed by atoms with E-state index in [0.29, 0.717) is 23.0 Å². The SMILES string of the molecule is CO[C@H]1CC[C@H](N2c3nc(-c4ccc([13C]([13CH3])([13CH3])O)nc4)cnc3N[13CH2][13C]2=O)CC1. The van der Waals surface area contributed by atoms with Crippen LogP contribution in [-0.4, -0.2) is 51.8 Å². The van der Waals surface area contributed by atoms with Crippen molar-refractivity contribution in [2.24, 2.45) is 0 Å². The van der Waals surface area contributed by atoms with Crippen LogP contribution in [0.2, 0.25) is 0 Å². The highest BCUT2D eigenvalue weighted by Crippen LogP contribution is 2.34. The summed E-state index contributed by atoms with van der Waals surface area (Å²) in [7, 11) is 1.74. The maximum Gasteiger partial charge on any atom is 0.247 e. The van der Waals surface area contributed by atoms with Gasteiger partial charge < -0.3 is 15.2 Å². The zero-order chi connectivity index (χ0) is 20.6. The smallest absolute Gasteiger partial charge is 0.247 e. The molecule has 154 valence electrons. The van der Waals surface area contributed by atoms with Gasteiger partial charge in [-0.05, 0) is 51.7 Å². The minimum absolute atomic E-state index is 0.0142. The number of amides is 1. The Kier molecular flexibility index (Phi) is 5.23. The summed E-state index contributed by atoms with van der Waals surface area (Å²) in [6.45, 7) is 3.62. The van der Waals surface area contributed by atoms with Crippen LogP contribution in [0, 0.1) is 0 Å². The van der Waals surface area contributed by atoms with E-state index in [0.717, 1.165) is 31.2 Å². The lowest BCUT2D eigenvalue weighted by Gasteiger charge is -2.38. The molecular weight excluding hydrogens is 375 g/mol. The molecule has 2 aromatic rings. The largest absolute Gasteiger partial charge is 0.384 e. The van der Waals surface area contributed by atoms with Gasteiger partial charge in [0.25, 0.3) is 0 Å². The first-order valence-corrected chi connectivity index (χ1v) is 10.0. The van der Waals surface area contributed by atoms with Crippen molar-refractivity contribution < 1.29 is 14.6 Å². The molecule has 0 saturated heterocycles. The Hall–Kier alpha value is -2.58. The zero-order valence-electron chi connectivity index (χ0n) is 17.1. The van der Waals surface area contributed by atoms with E-state index in [4.69, 9.17) is 9.72 Å². The summed E-state index contributed by atoms with van der Waals surface area (Å²) < 4.78 is 5.47. The number of carbonyl (C=O) groups is 1. The second kappa shape index (κ2) is 7.68. The normalized spacial score (nSPS) is 22.2. The Morgan fingerprint density at radius 2 is 1.93 bits per heavy atom. The number of methoxy groups -OCH3 is 1. The van der Waals surface area contributed by atoms with E-state index in [9.17, 15) is 9.90 Å². The predicted octanol–water partition coefficient (Wildman–Crippen LogP) is 2.48. The number of carbonyl (C=O) groups excluding carboxylic acids is 1. The third kappa shape index (κ3) is 3.95. The molecule has 2 aliphatic rings. The molecule has 0 spiro atoms. The van der Waals surface area contributed by atoms with Crippen molar-refractivity contribution in [2.75, 3.05) is 23.9 Å². The van der Waals surface area contributed by atoms with Crippen LogP contribution in [-0.2, 0) is 15.1 Å². The van der Waals surface area contributed by atoms with Gasteiger partial charge in [-0.15, -0.1) is 0 Å². The molecule has 8 heteroatoms. The number of fused-ring (bicyclic) bond motifs is 1. The fraction of sp³-hybridized carbons (Fsp3) is 0.524. The lowest BCUT2D eigenvalue weighted by Crippen LogP contribution is -2.49. The molecule has 0 bridgehead atoms. The standard InChI is InChI=1S/C21H27N5O3/c1-21(2,28)17-9-4-13(10-22-17)16-11-23-19-20(25-16)26(18(27)12-24-19)14-5-7-15(29-3)8-6-14/h4,9-11,14-15,28H,5-8,12H2,1-3H3,(H,23,24)/t14-,15-/i1+1,2+1,12+1,18+1,21+1. The summed E-state index contributed by atoms with van der Waals surface area (Å²) in [5.41, 5.74) is 1.01. The number of aromatic nitrogens is 3. The summed E-state index contributed by atoms with van der Waals surface area (Å²) in [5.74, 6) is 1.22. The van der Waals surface area contributed by atoms with Crippen LogP contribution in [0.1, 0.15) is 45.2 Å². The zero-order valence-corrected chi connectivity index (χ0v) is 17.1. The molecule has 0 aromatic carbocycles. The van der Waals surface area contributed by atoms with E-state index >= 15 is 0 Å². The topological polar surface area (TPSA) is 100 Å². The van der Waals surface area contributed by atoms with Crippen molar-refractivity contribution in [3.05, 3.63) is 30.2 Å². The predicted molar refractivity (Wildman–Crippen MR) is 110 cm³/mol. The number of nitrogens with one attached hydrogen (secondary N) is 1. The first kappa shape index (κ1) is 19.7. The molecule has 1 aliphatic heterocycles. The van der Waals surface area contributed by atoms with Crippen LogP contribution in [0.25, 0.3) is 11.3 Å². The molecule has 3 heterocycles. The first-order valence-electron chi connectivity index (χ1n) is 10.0. The van der Waals surface area contributed by atoms with Gasteiger partial charge in [0.05, 0.1) is 30.2 Å². The van der Waals surface area contributed by atoms with Crippen LogP contribution >= 0.6 is 0 Å². The van der Waals surface area contributed by atoms with Gasteiger partial charge in [-0.1, -0.05) is 0 Å². The summed E-state index contributed by atoms with van der Waals surface area (Å²) in [6, 6.07) is 3.75. The number of ether oxygens (including phenoxy) is 1. The average molecular weight is 402 g/mol. The second-order valence-corrected chi connectivity index (χ2v) is 8.20. The summed E-state index contributed by atoms with van der Waals surface area (Å²) in [6.07, 6.45) is 7.26. The Morgan fingerprint density at radius 1 is 1.17 bits per heavy atom. The van der Waals surface area contributed by atoms with E-state index in [1.165, 1.54) is 0 Å². The van der Waals surface area contributed by atoms with Gasteiger partial charge in [0, 0.05) is 24.9 Å². The van der Waals surface area contributed by atoms with Crippen molar-refractivity contribution in [1.29, 1.82) is 0 Å². The Bertz CT molecular complexity index is 886. The number of anilines is 2. The minimum Gasteiger partial charge on any atom is -0.384 e. The highest BCUT2D eigenvalue weighted by Gasteiger charge is 2.35. The summed E-state index contributed by atoms with van der Waals surface area (Å²) >= 11 is 0. The highest BCUT2D eigenvalue weighted by atomic mass is 16.5. The monoisotopic (exact) mass is 402 g/mol. The maximum atomic E-state index is 12.7. The number of pyridine rings is 1. The van der Waals surface area contributed by atoms with Crippen LogP contribution in [0.3, 0.4) is 0 Å². The Morgan fingerprint density at radius 3 is 2.55 bits per heavy atom. The van der Waals surface area contributed by atoms with Crippen LogP contribution in [0.4, 0.5) is 11.6 Å². The Labute approximate surface area is 170 Å². The van der Waals surface area contributed by atoms with E-state index in [-0.39, 0.29) is 24.6 Å². The summed E-state index contributed by atoms with van der Waals surface area (Å²) in [4.78, 5) is 28.2. The van der Waals surface area contributed by atoms with Crippen LogP contribution in [0.5, 0.6) is 0 Å². The molecule has 29 heavy (non-hydrogen) atoms. The fourth-order valence-electron chi connectivity index (χ4n) is 4.00. The molecule has 1 fully saturated rings. The Balaban J connectivity index is 1.64. The van der Waals surface area contributed by atoms with Crippen molar-refractivity contribution in [1.82, 2.24) is 15.0 Å². The number of rotatable bonds is 4. The molecular formula is C21H27N5O3. The van der Waals surface area contributed by atoms with Crippen molar-refractivity contribution in [3.63, 3.8) is 0 Å². The highest BCUT2D eigenvalue weighted by molar-refractivity contribution is 6.01. The van der Waals surface area contributed by atoms with Crippen molar-refractivity contribution in [2.45, 2.75) is 57.3 Å². The number of hydrogen-bond donors (Lipinski definition) is 2. The van der Waals surface area contributed by atoms with Crippen molar-refractivity contribution in [3.8, 4) is 11.3 Å². The van der Waals surface area contributed by atoms with Gasteiger partial charge in [-0.25, -0.2) is 9.97 Å². The van der Waals surface area contributed by atoms with Gasteiger partial charge in [0.15, 0.2) is 11.6 Å².